The summed E-state index contributed by atoms with van der Waals surface area (Å²) in [7, 11) is -1.81. The SMILES string of the molecule is CN(C/C=C/S(=O)(=O)NC(=O)Nc1c2c(cc3c1CCC3)CCC2)C1CCC1. The summed E-state index contributed by atoms with van der Waals surface area (Å²) in [4.78, 5) is 14.6. The first-order valence-corrected chi connectivity index (χ1v) is 11.8. The van der Waals surface area contributed by atoms with Gasteiger partial charge in [-0.1, -0.05) is 18.6 Å². The number of amides is 2. The molecule has 0 atom stereocenters. The number of carbonyl (C=O) groups is 1. The van der Waals surface area contributed by atoms with E-state index in [4.69, 9.17) is 0 Å². The minimum absolute atomic E-state index is 0.547. The molecule has 0 saturated heterocycles. The lowest BCUT2D eigenvalue weighted by Gasteiger charge is -2.33. The lowest BCUT2D eigenvalue weighted by atomic mass is 9.92. The third-order valence-corrected chi connectivity index (χ3v) is 7.33. The van der Waals surface area contributed by atoms with Crippen LogP contribution in [0.3, 0.4) is 0 Å². The van der Waals surface area contributed by atoms with E-state index in [2.05, 4.69) is 21.0 Å². The van der Waals surface area contributed by atoms with Crippen LogP contribution in [0.1, 0.15) is 54.4 Å². The maximum Gasteiger partial charge on any atom is 0.333 e. The Morgan fingerprint density at radius 3 is 2.32 bits per heavy atom. The van der Waals surface area contributed by atoms with Gasteiger partial charge in [0, 0.05) is 23.7 Å². The van der Waals surface area contributed by atoms with Gasteiger partial charge in [-0.05, 0) is 80.7 Å². The van der Waals surface area contributed by atoms with Gasteiger partial charge >= 0.3 is 6.03 Å². The van der Waals surface area contributed by atoms with Crippen molar-refractivity contribution in [3.8, 4) is 0 Å². The number of likely N-dealkylation sites (N-methyl/N-ethyl adjacent to an activating group) is 1. The molecule has 6 nitrogen and oxygen atoms in total. The van der Waals surface area contributed by atoms with Crippen molar-refractivity contribution in [2.24, 2.45) is 0 Å². The molecule has 28 heavy (non-hydrogen) atoms. The number of rotatable bonds is 6. The molecule has 152 valence electrons. The van der Waals surface area contributed by atoms with Gasteiger partial charge < -0.3 is 5.32 Å². The Balaban J connectivity index is 1.40. The van der Waals surface area contributed by atoms with Crippen molar-refractivity contribution in [1.82, 2.24) is 9.62 Å². The van der Waals surface area contributed by atoms with Crippen molar-refractivity contribution in [2.75, 3.05) is 18.9 Å². The van der Waals surface area contributed by atoms with Crippen molar-refractivity contribution in [2.45, 2.75) is 63.8 Å². The summed E-state index contributed by atoms with van der Waals surface area (Å²) in [6.07, 6.45) is 11.3. The highest BCUT2D eigenvalue weighted by molar-refractivity contribution is 7.92. The molecule has 0 radical (unpaired) electrons. The molecule has 0 bridgehead atoms. The van der Waals surface area contributed by atoms with Crippen LogP contribution in [0.15, 0.2) is 17.6 Å². The van der Waals surface area contributed by atoms with E-state index < -0.39 is 16.1 Å². The monoisotopic (exact) mass is 403 g/mol. The third kappa shape index (κ3) is 4.10. The number of sulfonamides is 1. The molecule has 0 aliphatic heterocycles. The van der Waals surface area contributed by atoms with Crippen LogP contribution in [0.25, 0.3) is 0 Å². The number of hydrogen-bond donors (Lipinski definition) is 2. The molecule has 1 aromatic carbocycles. The Bertz CT molecular complexity index is 872. The van der Waals surface area contributed by atoms with Crippen molar-refractivity contribution in [3.63, 3.8) is 0 Å². The van der Waals surface area contributed by atoms with Gasteiger partial charge in [0.2, 0.25) is 0 Å². The second-order valence-electron chi connectivity index (χ2n) is 8.23. The van der Waals surface area contributed by atoms with E-state index in [1.165, 1.54) is 41.5 Å². The van der Waals surface area contributed by atoms with Crippen LogP contribution in [0.4, 0.5) is 10.5 Å². The molecule has 4 rings (SSSR count). The average Bonchev–Trinajstić information content (AvgIpc) is 3.20. The van der Waals surface area contributed by atoms with Crippen molar-refractivity contribution in [1.29, 1.82) is 0 Å². The Hall–Kier alpha value is -1.86. The summed E-state index contributed by atoms with van der Waals surface area (Å²) >= 11 is 0. The molecule has 1 fully saturated rings. The minimum atomic E-state index is -3.81. The van der Waals surface area contributed by atoms with E-state index >= 15 is 0 Å². The highest BCUT2D eigenvalue weighted by atomic mass is 32.2. The third-order valence-electron chi connectivity index (χ3n) is 6.31. The molecule has 0 unspecified atom stereocenters. The molecule has 0 aromatic heterocycles. The number of hydrogen-bond acceptors (Lipinski definition) is 4. The molecule has 3 aliphatic carbocycles. The fourth-order valence-corrected chi connectivity index (χ4v) is 5.30. The van der Waals surface area contributed by atoms with Gasteiger partial charge in [-0.15, -0.1) is 0 Å². The molecule has 1 aromatic rings. The van der Waals surface area contributed by atoms with Gasteiger partial charge in [-0.2, -0.15) is 0 Å². The van der Waals surface area contributed by atoms with Gasteiger partial charge in [0.15, 0.2) is 0 Å². The Labute approximate surface area is 167 Å². The van der Waals surface area contributed by atoms with Crippen LogP contribution < -0.4 is 10.0 Å². The zero-order chi connectivity index (χ0) is 19.7. The molecule has 7 heteroatoms. The van der Waals surface area contributed by atoms with Gasteiger partial charge in [0.05, 0.1) is 0 Å². The van der Waals surface area contributed by atoms with Gasteiger partial charge in [0.25, 0.3) is 10.0 Å². The number of aryl methyl sites for hydroxylation is 2. The zero-order valence-electron chi connectivity index (χ0n) is 16.5. The van der Waals surface area contributed by atoms with Crippen LogP contribution in [-0.2, 0) is 35.7 Å². The van der Waals surface area contributed by atoms with Crippen molar-refractivity contribution in [3.05, 3.63) is 39.8 Å². The first kappa shape index (κ1) is 19.5. The van der Waals surface area contributed by atoms with E-state index in [0.29, 0.717) is 12.6 Å². The number of urea groups is 1. The molecule has 0 spiro atoms. The fraction of sp³-hybridized carbons (Fsp3) is 0.571. The molecule has 1 saturated carbocycles. The molecule has 0 heterocycles. The van der Waals surface area contributed by atoms with Gasteiger partial charge in [-0.25, -0.2) is 17.9 Å². The molecule has 2 amide bonds. The van der Waals surface area contributed by atoms with Gasteiger partial charge in [-0.3, -0.25) is 4.90 Å². The normalized spacial score (nSPS) is 18.9. The van der Waals surface area contributed by atoms with Crippen molar-refractivity contribution < 1.29 is 13.2 Å². The van der Waals surface area contributed by atoms with E-state index in [9.17, 15) is 13.2 Å². The minimum Gasteiger partial charge on any atom is -0.307 e. The summed E-state index contributed by atoms with van der Waals surface area (Å²) in [5.74, 6) is 0. The summed E-state index contributed by atoms with van der Waals surface area (Å²) < 4.78 is 26.6. The van der Waals surface area contributed by atoms with Crippen LogP contribution in [0.5, 0.6) is 0 Å². The number of nitrogens with one attached hydrogen (secondary N) is 2. The van der Waals surface area contributed by atoms with E-state index in [-0.39, 0.29) is 0 Å². The fourth-order valence-electron chi connectivity index (χ4n) is 4.58. The topological polar surface area (TPSA) is 78.5 Å². The standard InChI is InChI=1S/C21H29N3O3S/c1-24(17-8-4-9-17)12-5-13-28(26,27)23-21(25)22-20-18-10-2-6-15(18)14-16-7-3-11-19(16)20/h5,13-14,17H,2-4,6-12H2,1H3,(H2,22,23,25)/b13-5+. The molecule has 3 aliphatic rings. The first-order valence-electron chi connectivity index (χ1n) is 10.3. The summed E-state index contributed by atoms with van der Waals surface area (Å²) in [5, 5.41) is 3.96. The maximum atomic E-state index is 12.4. The van der Waals surface area contributed by atoms with Crippen LogP contribution in [0, 0.1) is 0 Å². The Kier molecular flexibility index (Phi) is 5.47. The number of nitrogens with zero attached hydrogens (tertiary/aromatic N) is 1. The smallest absolute Gasteiger partial charge is 0.307 e. The summed E-state index contributed by atoms with van der Waals surface area (Å²) in [6, 6.07) is 2.16. The Morgan fingerprint density at radius 1 is 1.11 bits per heavy atom. The summed E-state index contributed by atoms with van der Waals surface area (Å²) in [5.41, 5.74) is 5.83. The van der Waals surface area contributed by atoms with Crippen molar-refractivity contribution >= 4 is 21.7 Å². The van der Waals surface area contributed by atoms with Crippen LogP contribution >= 0.6 is 0 Å². The van der Waals surface area contributed by atoms with E-state index in [1.54, 1.807) is 6.08 Å². The van der Waals surface area contributed by atoms with E-state index in [1.807, 2.05) is 7.05 Å². The predicted octanol–water partition coefficient (Wildman–Crippen LogP) is 3.11. The number of fused-ring (bicyclic) bond motifs is 2. The number of carbonyl (C=O) groups excluding carboxylic acids is 1. The summed E-state index contributed by atoms with van der Waals surface area (Å²) in [6.45, 7) is 0.562. The van der Waals surface area contributed by atoms with Crippen LogP contribution in [-0.4, -0.2) is 39.0 Å². The Morgan fingerprint density at radius 2 is 1.75 bits per heavy atom. The average molecular weight is 404 g/mol. The van der Waals surface area contributed by atoms with E-state index in [0.717, 1.165) is 49.6 Å². The molecular formula is C21H29N3O3S. The maximum absolute atomic E-state index is 12.4. The second-order valence-corrected chi connectivity index (χ2v) is 9.80. The molecular weight excluding hydrogens is 374 g/mol. The highest BCUT2D eigenvalue weighted by Crippen LogP contribution is 2.38. The lowest BCUT2D eigenvalue weighted by molar-refractivity contribution is 0.175. The first-order chi connectivity index (χ1) is 13.4. The number of benzene rings is 1. The highest BCUT2D eigenvalue weighted by Gasteiger charge is 2.26. The number of anilines is 1. The quantitative estimate of drug-likeness (QED) is 0.765. The zero-order valence-corrected chi connectivity index (χ0v) is 17.3. The lowest BCUT2D eigenvalue weighted by Crippen LogP contribution is -2.37. The predicted molar refractivity (Wildman–Crippen MR) is 111 cm³/mol. The van der Waals surface area contributed by atoms with Gasteiger partial charge in [0.1, 0.15) is 0 Å². The second kappa shape index (κ2) is 7.87. The largest absolute Gasteiger partial charge is 0.333 e. The molecule has 2 N–H and O–H groups in total. The van der Waals surface area contributed by atoms with Crippen LogP contribution in [0.2, 0.25) is 0 Å².